The van der Waals surface area contributed by atoms with E-state index in [1.54, 1.807) is 7.05 Å². The van der Waals surface area contributed by atoms with Crippen molar-refractivity contribution in [3.63, 3.8) is 0 Å². The average Bonchev–Trinajstić information content (AvgIpc) is 3.19. The lowest BCUT2D eigenvalue weighted by molar-refractivity contribution is -0.139. The van der Waals surface area contributed by atoms with Crippen molar-refractivity contribution in [1.82, 2.24) is 14.8 Å². The number of aromatic nitrogens is 1. The van der Waals surface area contributed by atoms with E-state index >= 15 is 0 Å². The van der Waals surface area contributed by atoms with Gasteiger partial charge in [0.2, 0.25) is 11.8 Å². The first-order chi connectivity index (χ1) is 13.0. The van der Waals surface area contributed by atoms with Crippen LogP contribution in [-0.2, 0) is 16.1 Å². The summed E-state index contributed by atoms with van der Waals surface area (Å²) in [6.07, 6.45) is 5.57. The lowest BCUT2D eigenvalue weighted by atomic mass is 10.1. The summed E-state index contributed by atoms with van der Waals surface area (Å²) in [5.41, 5.74) is 3.00. The molecule has 2 amide bonds. The van der Waals surface area contributed by atoms with Gasteiger partial charge in [-0.2, -0.15) is 0 Å². The molecule has 0 spiro atoms. The van der Waals surface area contributed by atoms with Crippen molar-refractivity contribution in [3.05, 3.63) is 54.2 Å². The molecule has 0 aliphatic heterocycles. The van der Waals surface area contributed by atoms with Crippen molar-refractivity contribution in [2.24, 2.45) is 0 Å². The summed E-state index contributed by atoms with van der Waals surface area (Å²) >= 11 is 0. The number of para-hydroxylation sites is 1. The van der Waals surface area contributed by atoms with Gasteiger partial charge in [0.25, 0.3) is 0 Å². The van der Waals surface area contributed by atoms with Gasteiger partial charge in [-0.3, -0.25) is 14.6 Å². The Labute approximate surface area is 160 Å². The van der Waals surface area contributed by atoms with Crippen LogP contribution >= 0.6 is 0 Å². The molecule has 0 N–H and O–H groups in total. The van der Waals surface area contributed by atoms with Gasteiger partial charge in [0, 0.05) is 30.7 Å². The maximum atomic E-state index is 13.1. The fraction of sp³-hybridized carbons (Fsp3) is 0.409. The number of likely N-dealkylation sites (N-methyl/N-ethyl adjacent to an activating group) is 1. The third-order valence-electron chi connectivity index (χ3n) is 5.28. The monoisotopic (exact) mass is 365 g/mol. The van der Waals surface area contributed by atoms with Crippen LogP contribution in [-0.4, -0.2) is 46.2 Å². The van der Waals surface area contributed by atoms with Gasteiger partial charge in [0.05, 0.1) is 12.1 Å². The van der Waals surface area contributed by atoms with Crippen LogP contribution in [0.25, 0.3) is 10.9 Å². The van der Waals surface area contributed by atoms with Gasteiger partial charge in [-0.05, 0) is 43.5 Å². The quantitative estimate of drug-likeness (QED) is 0.737. The van der Waals surface area contributed by atoms with Gasteiger partial charge < -0.3 is 9.80 Å². The highest BCUT2D eigenvalue weighted by Crippen LogP contribution is 2.27. The lowest BCUT2D eigenvalue weighted by Gasteiger charge is -2.31. The molecule has 0 radical (unpaired) electrons. The van der Waals surface area contributed by atoms with Crippen LogP contribution in [0.1, 0.15) is 36.9 Å². The minimum Gasteiger partial charge on any atom is -0.334 e. The summed E-state index contributed by atoms with van der Waals surface area (Å²) in [4.78, 5) is 32.9. The molecule has 1 fully saturated rings. The van der Waals surface area contributed by atoms with Gasteiger partial charge in [-0.1, -0.05) is 37.6 Å². The van der Waals surface area contributed by atoms with E-state index in [0.717, 1.165) is 47.8 Å². The Morgan fingerprint density at radius 3 is 2.67 bits per heavy atom. The SMILES string of the molecule is C=CC(=O)N(C)CC(=O)N(Cc1cc(C)nc2ccccc12)C1CCCC1. The highest BCUT2D eigenvalue weighted by atomic mass is 16.2. The van der Waals surface area contributed by atoms with Crippen molar-refractivity contribution in [2.75, 3.05) is 13.6 Å². The second kappa shape index (κ2) is 8.33. The van der Waals surface area contributed by atoms with Crippen LogP contribution in [0.3, 0.4) is 0 Å². The number of hydrogen-bond donors (Lipinski definition) is 0. The zero-order valence-electron chi connectivity index (χ0n) is 16.1. The minimum atomic E-state index is -0.236. The zero-order valence-corrected chi connectivity index (χ0v) is 16.1. The molecule has 0 bridgehead atoms. The van der Waals surface area contributed by atoms with E-state index < -0.39 is 0 Å². The molecule has 1 aromatic carbocycles. The molecule has 27 heavy (non-hydrogen) atoms. The summed E-state index contributed by atoms with van der Waals surface area (Å²) in [5, 5.41) is 1.08. The Kier molecular flexibility index (Phi) is 5.89. The van der Waals surface area contributed by atoms with Gasteiger partial charge >= 0.3 is 0 Å². The topological polar surface area (TPSA) is 53.5 Å². The number of rotatable bonds is 6. The fourth-order valence-electron chi connectivity index (χ4n) is 3.87. The Morgan fingerprint density at radius 2 is 1.96 bits per heavy atom. The molecule has 3 rings (SSSR count). The van der Waals surface area contributed by atoms with E-state index in [2.05, 4.69) is 23.7 Å². The Bertz CT molecular complexity index is 856. The van der Waals surface area contributed by atoms with Gasteiger partial charge in [-0.15, -0.1) is 0 Å². The van der Waals surface area contributed by atoms with Crippen molar-refractivity contribution in [3.8, 4) is 0 Å². The first-order valence-electron chi connectivity index (χ1n) is 9.52. The molecular formula is C22H27N3O2. The first-order valence-corrected chi connectivity index (χ1v) is 9.52. The highest BCUT2D eigenvalue weighted by molar-refractivity contribution is 5.91. The molecule has 5 nitrogen and oxygen atoms in total. The zero-order chi connectivity index (χ0) is 19.4. The fourth-order valence-corrected chi connectivity index (χ4v) is 3.87. The number of hydrogen-bond acceptors (Lipinski definition) is 3. The molecule has 2 aromatic rings. The van der Waals surface area contributed by atoms with Crippen molar-refractivity contribution >= 4 is 22.7 Å². The Morgan fingerprint density at radius 1 is 1.26 bits per heavy atom. The summed E-state index contributed by atoms with van der Waals surface area (Å²) in [7, 11) is 1.64. The van der Waals surface area contributed by atoms with E-state index in [0.29, 0.717) is 6.54 Å². The predicted molar refractivity (Wildman–Crippen MR) is 107 cm³/mol. The van der Waals surface area contributed by atoms with Crippen molar-refractivity contribution in [1.29, 1.82) is 0 Å². The molecule has 1 aliphatic rings. The van der Waals surface area contributed by atoms with E-state index in [1.165, 1.54) is 11.0 Å². The second-order valence-corrected chi connectivity index (χ2v) is 7.30. The molecule has 1 heterocycles. The van der Waals surface area contributed by atoms with Crippen LogP contribution in [0.2, 0.25) is 0 Å². The number of carbonyl (C=O) groups excluding carboxylic acids is 2. The maximum Gasteiger partial charge on any atom is 0.246 e. The molecule has 1 aromatic heterocycles. The molecule has 0 unspecified atom stereocenters. The standard InChI is InChI=1S/C22H27N3O2/c1-4-21(26)24(3)15-22(27)25(18-9-5-6-10-18)14-17-13-16(2)23-20-12-8-7-11-19(17)20/h4,7-8,11-13,18H,1,5-6,9-10,14-15H2,2-3H3. The normalized spacial score (nSPS) is 14.3. The molecular weight excluding hydrogens is 338 g/mol. The Balaban J connectivity index is 1.89. The average molecular weight is 365 g/mol. The van der Waals surface area contributed by atoms with Gasteiger partial charge in [-0.25, -0.2) is 0 Å². The maximum absolute atomic E-state index is 13.1. The van der Waals surface area contributed by atoms with E-state index in [9.17, 15) is 9.59 Å². The summed E-state index contributed by atoms with van der Waals surface area (Å²) in [6, 6.07) is 10.3. The largest absolute Gasteiger partial charge is 0.334 e. The number of fused-ring (bicyclic) bond motifs is 1. The first kappa shape index (κ1) is 19.1. The van der Waals surface area contributed by atoms with Crippen molar-refractivity contribution in [2.45, 2.75) is 45.2 Å². The number of pyridine rings is 1. The lowest BCUT2D eigenvalue weighted by Crippen LogP contribution is -2.44. The number of benzene rings is 1. The minimum absolute atomic E-state index is 0.0156. The third kappa shape index (κ3) is 4.35. The number of carbonyl (C=O) groups is 2. The Hall–Kier alpha value is -2.69. The van der Waals surface area contributed by atoms with Gasteiger partial charge in [0.15, 0.2) is 0 Å². The summed E-state index contributed by atoms with van der Waals surface area (Å²) in [6.45, 7) is 6.10. The molecule has 142 valence electrons. The van der Waals surface area contributed by atoms with Gasteiger partial charge in [0.1, 0.15) is 0 Å². The van der Waals surface area contributed by atoms with E-state index in [1.807, 2.05) is 30.0 Å². The van der Waals surface area contributed by atoms with Crippen LogP contribution in [0.4, 0.5) is 0 Å². The van der Waals surface area contributed by atoms with Crippen LogP contribution < -0.4 is 0 Å². The van der Waals surface area contributed by atoms with E-state index in [4.69, 9.17) is 0 Å². The van der Waals surface area contributed by atoms with Crippen LogP contribution in [0.5, 0.6) is 0 Å². The molecule has 5 heteroatoms. The molecule has 0 saturated heterocycles. The number of aryl methyl sites for hydroxylation is 1. The second-order valence-electron chi connectivity index (χ2n) is 7.30. The third-order valence-corrected chi connectivity index (χ3v) is 5.28. The molecule has 1 saturated carbocycles. The van der Waals surface area contributed by atoms with Crippen LogP contribution in [0.15, 0.2) is 43.0 Å². The predicted octanol–water partition coefficient (Wildman–Crippen LogP) is 3.46. The van der Waals surface area contributed by atoms with E-state index in [-0.39, 0.29) is 24.4 Å². The number of nitrogens with zero attached hydrogens (tertiary/aromatic N) is 3. The summed E-state index contributed by atoms with van der Waals surface area (Å²) < 4.78 is 0. The number of amides is 2. The molecule has 0 atom stereocenters. The smallest absolute Gasteiger partial charge is 0.246 e. The molecule has 1 aliphatic carbocycles. The van der Waals surface area contributed by atoms with Crippen molar-refractivity contribution < 1.29 is 9.59 Å². The summed E-state index contributed by atoms with van der Waals surface area (Å²) in [5.74, 6) is -0.252. The highest BCUT2D eigenvalue weighted by Gasteiger charge is 2.28. The van der Waals surface area contributed by atoms with Crippen LogP contribution in [0, 0.1) is 6.92 Å².